The number of para-hydroxylation sites is 2. The summed E-state index contributed by atoms with van der Waals surface area (Å²) in [7, 11) is 0. The Bertz CT molecular complexity index is 652. The van der Waals surface area contributed by atoms with E-state index < -0.39 is 0 Å². The first kappa shape index (κ1) is 17.1. The van der Waals surface area contributed by atoms with Gasteiger partial charge in [0.25, 0.3) is 5.91 Å². The largest absolute Gasteiger partial charge is 0.483 e. The molecule has 0 radical (unpaired) electrons. The molecule has 3 heteroatoms. The Morgan fingerprint density at radius 2 is 1.78 bits per heavy atom. The maximum absolute atomic E-state index is 12.2. The summed E-state index contributed by atoms with van der Waals surface area (Å²) in [6, 6.07) is 15.8. The van der Waals surface area contributed by atoms with Gasteiger partial charge in [0, 0.05) is 5.69 Å². The maximum atomic E-state index is 12.2. The molecule has 1 amide bonds. The monoisotopic (exact) mass is 311 g/mol. The van der Waals surface area contributed by atoms with E-state index in [9.17, 15) is 4.79 Å². The third kappa shape index (κ3) is 4.59. The minimum absolute atomic E-state index is 0.0193. The molecule has 0 aromatic heterocycles. The highest BCUT2D eigenvalue weighted by molar-refractivity contribution is 5.92. The third-order valence-electron chi connectivity index (χ3n) is 4.09. The van der Waals surface area contributed by atoms with Gasteiger partial charge in [-0.3, -0.25) is 4.79 Å². The Morgan fingerprint density at radius 1 is 1.09 bits per heavy atom. The summed E-state index contributed by atoms with van der Waals surface area (Å²) in [5.74, 6) is 1.07. The van der Waals surface area contributed by atoms with E-state index in [1.807, 2.05) is 42.5 Å². The fourth-order valence-electron chi connectivity index (χ4n) is 2.52. The number of hydrogen-bond acceptors (Lipinski definition) is 2. The number of amides is 1. The molecule has 1 N–H and O–H groups in total. The predicted molar refractivity (Wildman–Crippen MR) is 95.1 cm³/mol. The average molecular weight is 311 g/mol. The molecule has 0 spiro atoms. The molecular weight excluding hydrogens is 286 g/mol. The SMILES string of the molecule is CCc1ccccc1NC(=O)COc1ccccc1C(C)CC. The molecule has 0 heterocycles. The van der Waals surface area contributed by atoms with E-state index in [0.29, 0.717) is 5.92 Å². The molecule has 1 atom stereocenters. The van der Waals surface area contributed by atoms with Crippen LogP contribution in [-0.2, 0) is 11.2 Å². The third-order valence-corrected chi connectivity index (χ3v) is 4.09. The normalized spacial score (nSPS) is 11.8. The van der Waals surface area contributed by atoms with Crippen molar-refractivity contribution in [2.75, 3.05) is 11.9 Å². The number of hydrogen-bond donors (Lipinski definition) is 1. The number of ether oxygens (including phenoxy) is 1. The first-order valence-electron chi connectivity index (χ1n) is 8.25. The van der Waals surface area contributed by atoms with Crippen molar-refractivity contribution in [3.05, 3.63) is 59.7 Å². The van der Waals surface area contributed by atoms with Crippen molar-refractivity contribution in [3.8, 4) is 5.75 Å². The van der Waals surface area contributed by atoms with E-state index in [0.717, 1.165) is 35.4 Å². The number of aryl methyl sites for hydroxylation is 1. The van der Waals surface area contributed by atoms with Gasteiger partial charge in [-0.25, -0.2) is 0 Å². The van der Waals surface area contributed by atoms with Gasteiger partial charge in [-0.1, -0.05) is 57.2 Å². The number of benzene rings is 2. The van der Waals surface area contributed by atoms with E-state index in [1.54, 1.807) is 0 Å². The van der Waals surface area contributed by atoms with Crippen molar-refractivity contribution in [1.82, 2.24) is 0 Å². The highest BCUT2D eigenvalue weighted by Crippen LogP contribution is 2.28. The lowest BCUT2D eigenvalue weighted by molar-refractivity contribution is -0.118. The van der Waals surface area contributed by atoms with Crippen molar-refractivity contribution >= 4 is 11.6 Å². The second-order valence-electron chi connectivity index (χ2n) is 5.69. The molecule has 2 aromatic rings. The fraction of sp³-hybridized carbons (Fsp3) is 0.350. The quantitative estimate of drug-likeness (QED) is 0.799. The second-order valence-corrected chi connectivity index (χ2v) is 5.69. The molecule has 0 saturated carbocycles. The van der Waals surface area contributed by atoms with Crippen LogP contribution in [0.15, 0.2) is 48.5 Å². The summed E-state index contributed by atoms with van der Waals surface area (Å²) < 4.78 is 5.76. The summed E-state index contributed by atoms with van der Waals surface area (Å²) in [5.41, 5.74) is 3.14. The summed E-state index contributed by atoms with van der Waals surface area (Å²) >= 11 is 0. The van der Waals surface area contributed by atoms with Crippen LogP contribution in [0.2, 0.25) is 0 Å². The van der Waals surface area contributed by atoms with Crippen molar-refractivity contribution in [2.24, 2.45) is 0 Å². The van der Waals surface area contributed by atoms with Crippen LogP contribution >= 0.6 is 0 Å². The lowest BCUT2D eigenvalue weighted by atomic mass is 9.98. The minimum atomic E-state index is -0.134. The Balaban J connectivity index is 2.00. The molecule has 0 aliphatic heterocycles. The van der Waals surface area contributed by atoms with Crippen molar-refractivity contribution < 1.29 is 9.53 Å². The van der Waals surface area contributed by atoms with Gasteiger partial charge >= 0.3 is 0 Å². The predicted octanol–water partition coefficient (Wildman–Crippen LogP) is 4.78. The number of nitrogens with one attached hydrogen (secondary N) is 1. The van der Waals surface area contributed by atoms with Gasteiger partial charge in [0.15, 0.2) is 6.61 Å². The topological polar surface area (TPSA) is 38.3 Å². The molecule has 3 nitrogen and oxygen atoms in total. The van der Waals surface area contributed by atoms with E-state index in [2.05, 4.69) is 32.2 Å². The Labute approximate surface area is 138 Å². The van der Waals surface area contributed by atoms with Crippen LogP contribution in [0.1, 0.15) is 44.2 Å². The minimum Gasteiger partial charge on any atom is -0.483 e. The van der Waals surface area contributed by atoms with Gasteiger partial charge < -0.3 is 10.1 Å². The number of carbonyl (C=O) groups excluding carboxylic acids is 1. The first-order valence-corrected chi connectivity index (χ1v) is 8.25. The van der Waals surface area contributed by atoms with Crippen LogP contribution in [0, 0.1) is 0 Å². The smallest absolute Gasteiger partial charge is 0.262 e. The molecular formula is C20H25NO2. The standard InChI is InChI=1S/C20H25NO2/c1-4-15(3)17-11-7-9-13-19(17)23-14-20(22)21-18-12-8-6-10-16(18)5-2/h6-13,15H,4-5,14H2,1-3H3,(H,21,22). The van der Waals surface area contributed by atoms with E-state index in [1.165, 1.54) is 0 Å². The number of anilines is 1. The summed E-state index contributed by atoms with van der Waals surface area (Å²) in [5, 5.41) is 2.93. The van der Waals surface area contributed by atoms with E-state index >= 15 is 0 Å². The number of rotatable bonds is 7. The Kier molecular flexibility index (Phi) is 6.21. The van der Waals surface area contributed by atoms with Gasteiger partial charge in [0.05, 0.1) is 0 Å². The van der Waals surface area contributed by atoms with Crippen LogP contribution in [0.5, 0.6) is 5.75 Å². The zero-order valence-electron chi connectivity index (χ0n) is 14.1. The summed E-state index contributed by atoms with van der Waals surface area (Å²) in [6.45, 7) is 6.41. The van der Waals surface area contributed by atoms with Crippen molar-refractivity contribution in [3.63, 3.8) is 0 Å². The molecule has 1 unspecified atom stereocenters. The van der Waals surface area contributed by atoms with Crippen LogP contribution < -0.4 is 10.1 Å². The molecule has 0 saturated heterocycles. The zero-order valence-corrected chi connectivity index (χ0v) is 14.1. The van der Waals surface area contributed by atoms with Gasteiger partial charge in [-0.15, -0.1) is 0 Å². The fourth-order valence-corrected chi connectivity index (χ4v) is 2.52. The van der Waals surface area contributed by atoms with Gasteiger partial charge in [0.1, 0.15) is 5.75 Å². The van der Waals surface area contributed by atoms with Gasteiger partial charge in [0.2, 0.25) is 0 Å². The summed E-state index contributed by atoms with van der Waals surface area (Å²) in [4.78, 5) is 12.2. The molecule has 122 valence electrons. The van der Waals surface area contributed by atoms with Crippen molar-refractivity contribution in [2.45, 2.75) is 39.5 Å². The highest BCUT2D eigenvalue weighted by Gasteiger charge is 2.11. The lowest BCUT2D eigenvalue weighted by Gasteiger charge is -2.16. The highest BCUT2D eigenvalue weighted by atomic mass is 16.5. The molecule has 0 aliphatic rings. The van der Waals surface area contributed by atoms with Gasteiger partial charge in [-0.05, 0) is 42.0 Å². The van der Waals surface area contributed by atoms with Crippen LogP contribution in [0.3, 0.4) is 0 Å². The van der Waals surface area contributed by atoms with Crippen LogP contribution in [-0.4, -0.2) is 12.5 Å². The second kappa shape index (κ2) is 8.37. The zero-order chi connectivity index (χ0) is 16.7. The first-order chi connectivity index (χ1) is 11.2. The molecule has 2 rings (SSSR count). The van der Waals surface area contributed by atoms with Gasteiger partial charge in [-0.2, -0.15) is 0 Å². The Hall–Kier alpha value is -2.29. The average Bonchev–Trinajstić information content (AvgIpc) is 2.60. The Morgan fingerprint density at radius 3 is 2.52 bits per heavy atom. The maximum Gasteiger partial charge on any atom is 0.262 e. The molecule has 23 heavy (non-hydrogen) atoms. The number of carbonyl (C=O) groups is 1. The van der Waals surface area contributed by atoms with E-state index in [-0.39, 0.29) is 12.5 Å². The molecule has 0 fully saturated rings. The molecule has 0 bridgehead atoms. The summed E-state index contributed by atoms with van der Waals surface area (Å²) in [6.07, 6.45) is 1.92. The molecule has 0 aliphatic carbocycles. The van der Waals surface area contributed by atoms with Crippen LogP contribution in [0.4, 0.5) is 5.69 Å². The lowest BCUT2D eigenvalue weighted by Crippen LogP contribution is -2.21. The molecule has 2 aromatic carbocycles. The van der Waals surface area contributed by atoms with Crippen LogP contribution in [0.25, 0.3) is 0 Å². The van der Waals surface area contributed by atoms with Crippen molar-refractivity contribution in [1.29, 1.82) is 0 Å². The van der Waals surface area contributed by atoms with E-state index in [4.69, 9.17) is 4.74 Å².